The monoisotopic (exact) mass is 305 g/mol. The summed E-state index contributed by atoms with van der Waals surface area (Å²) >= 11 is 3.40. The summed E-state index contributed by atoms with van der Waals surface area (Å²) in [5, 5.41) is 13.6. The Kier molecular flexibility index (Phi) is 4.53. The number of benzene rings is 2. The standard InChI is InChI=1S/C15H16BrNO/c1-17-10-12-4-2-3-5-14(12)15(18)11-6-8-13(16)9-7-11/h2-9,15,17-18H,10H2,1H3/t15-/m1/s1. The van der Waals surface area contributed by atoms with Crippen LogP contribution >= 0.6 is 15.9 Å². The lowest BCUT2D eigenvalue weighted by molar-refractivity contribution is 0.219. The molecule has 18 heavy (non-hydrogen) atoms. The quantitative estimate of drug-likeness (QED) is 0.909. The van der Waals surface area contributed by atoms with Crippen LogP contribution in [0.25, 0.3) is 0 Å². The lowest BCUT2D eigenvalue weighted by Crippen LogP contribution is -2.10. The van der Waals surface area contributed by atoms with E-state index >= 15 is 0 Å². The Labute approximate surface area is 116 Å². The predicted molar refractivity (Wildman–Crippen MR) is 77.4 cm³/mol. The molecule has 0 spiro atoms. The van der Waals surface area contributed by atoms with Crippen LogP contribution < -0.4 is 5.32 Å². The van der Waals surface area contributed by atoms with Gasteiger partial charge in [0.15, 0.2) is 0 Å². The second-order valence-electron chi connectivity index (χ2n) is 4.18. The van der Waals surface area contributed by atoms with Gasteiger partial charge >= 0.3 is 0 Å². The normalized spacial score (nSPS) is 12.4. The topological polar surface area (TPSA) is 32.3 Å². The summed E-state index contributed by atoms with van der Waals surface area (Å²) in [7, 11) is 1.91. The van der Waals surface area contributed by atoms with Crippen molar-refractivity contribution in [1.29, 1.82) is 0 Å². The highest BCUT2D eigenvalue weighted by Gasteiger charge is 2.13. The molecule has 2 rings (SSSR count). The molecular weight excluding hydrogens is 290 g/mol. The van der Waals surface area contributed by atoms with Gasteiger partial charge in [-0.15, -0.1) is 0 Å². The predicted octanol–water partition coefficient (Wildman–Crippen LogP) is 3.25. The Bertz CT molecular complexity index is 510. The molecule has 1 atom stereocenters. The van der Waals surface area contributed by atoms with Crippen LogP contribution in [0.4, 0.5) is 0 Å². The first kappa shape index (κ1) is 13.3. The van der Waals surface area contributed by atoms with E-state index in [9.17, 15) is 5.11 Å². The number of rotatable bonds is 4. The summed E-state index contributed by atoms with van der Waals surface area (Å²) in [4.78, 5) is 0. The van der Waals surface area contributed by atoms with E-state index < -0.39 is 6.10 Å². The number of hydrogen-bond acceptors (Lipinski definition) is 2. The number of halogens is 1. The average Bonchev–Trinajstić information content (AvgIpc) is 2.40. The van der Waals surface area contributed by atoms with Crippen LogP contribution in [0.5, 0.6) is 0 Å². The summed E-state index contributed by atoms with van der Waals surface area (Å²) in [6.45, 7) is 0.754. The van der Waals surface area contributed by atoms with E-state index in [1.165, 1.54) is 0 Å². The summed E-state index contributed by atoms with van der Waals surface area (Å²) in [6.07, 6.45) is -0.581. The molecule has 0 aliphatic rings. The Morgan fingerprint density at radius 3 is 2.44 bits per heavy atom. The van der Waals surface area contributed by atoms with E-state index in [1.54, 1.807) is 0 Å². The van der Waals surface area contributed by atoms with Crippen LogP contribution in [0.2, 0.25) is 0 Å². The fraction of sp³-hybridized carbons (Fsp3) is 0.200. The van der Waals surface area contributed by atoms with Crippen LogP contribution in [0.1, 0.15) is 22.8 Å². The third kappa shape index (κ3) is 2.99. The molecule has 0 saturated carbocycles. The molecule has 2 aromatic rings. The van der Waals surface area contributed by atoms with E-state index in [2.05, 4.69) is 21.2 Å². The van der Waals surface area contributed by atoms with Gasteiger partial charge in [-0.05, 0) is 35.9 Å². The molecule has 2 N–H and O–H groups in total. The highest BCUT2D eigenvalue weighted by Crippen LogP contribution is 2.26. The van der Waals surface area contributed by atoms with Crippen molar-refractivity contribution in [3.63, 3.8) is 0 Å². The van der Waals surface area contributed by atoms with Gasteiger partial charge in [-0.1, -0.05) is 52.3 Å². The molecule has 0 aliphatic heterocycles. The Balaban J connectivity index is 2.33. The van der Waals surface area contributed by atoms with Gasteiger partial charge in [0, 0.05) is 11.0 Å². The van der Waals surface area contributed by atoms with Crippen molar-refractivity contribution < 1.29 is 5.11 Å². The smallest absolute Gasteiger partial charge is 0.104 e. The second kappa shape index (κ2) is 6.14. The minimum absolute atomic E-state index is 0.581. The molecule has 0 fully saturated rings. The van der Waals surface area contributed by atoms with Crippen LogP contribution in [0.15, 0.2) is 53.0 Å². The molecule has 0 saturated heterocycles. The third-order valence-corrected chi connectivity index (χ3v) is 3.43. The zero-order valence-electron chi connectivity index (χ0n) is 10.2. The van der Waals surface area contributed by atoms with E-state index in [-0.39, 0.29) is 0 Å². The van der Waals surface area contributed by atoms with Crippen molar-refractivity contribution in [2.45, 2.75) is 12.6 Å². The number of hydrogen-bond donors (Lipinski definition) is 2. The Morgan fingerprint density at radius 1 is 1.11 bits per heavy atom. The fourth-order valence-electron chi connectivity index (χ4n) is 1.98. The SMILES string of the molecule is CNCc1ccccc1[C@H](O)c1ccc(Br)cc1. The fourth-order valence-corrected chi connectivity index (χ4v) is 2.24. The number of aliphatic hydroxyl groups excluding tert-OH is 1. The van der Waals surface area contributed by atoms with E-state index in [0.29, 0.717) is 0 Å². The zero-order valence-corrected chi connectivity index (χ0v) is 11.8. The van der Waals surface area contributed by atoms with Crippen LogP contribution in [-0.4, -0.2) is 12.2 Å². The van der Waals surface area contributed by atoms with Gasteiger partial charge in [0.25, 0.3) is 0 Å². The number of aliphatic hydroxyl groups is 1. The molecule has 0 unspecified atom stereocenters. The van der Waals surface area contributed by atoms with Crippen molar-refractivity contribution >= 4 is 15.9 Å². The van der Waals surface area contributed by atoms with Gasteiger partial charge in [-0.2, -0.15) is 0 Å². The summed E-state index contributed by atoms with van der Waals surface area (Å²) < 4.78 is 1.02. The maximum Gasteiger partial charge on any atom is 0.104 e. The third-order valence-electron chi connectivity index (χ3n) is 2.90. The highest BCUT2D eigenvalue weighted by atomic mass is 79.9. The largest absolute Gasteiger partial charge is 0.384 e. The number of nitrogens with one attached hydrogen (secondary N) is 1. The van der Waals surface area contributed by atoms with Crippen molar-refractivity contribution in [3.05, 3.63) is 69.7 Å². The van der Waals surface area contributed by atoms with Crippen molar-refractivity contribution in [2.24, 2.45) is 0 Å². The molecular formula is C15H16BrNO. The molecule has 2 aromatic carbocycles. The summed E-state index contributed by atoms with van der Waals surface area (Å²) in [5.74, 6) is 0. The van der Waals surface area contributed by atoms with Crippen molar-refractivity contribution in [2.75, 3.05) is 7.05 Å². The zero-order chi connectivity index (χ0) is 13.0. The lowest BCUT2D eigenvalue weighted by atomic mass is 9.97. The van der Waals surface area contributed by atoms with Crippen molar-refractivity contribution in [3.8, 4) is 0 Å². The van der Waals surface area contributed by atoms with Crippen molar-refractivity contribution in [1.82, 2.24) is 5.32 Å². The van der Waals surface area contributed by atoms with E-state index in [1.807, 2.05) is 55.6 Å². The van der Waals surface area contributed by atoms with E-state index in [0.717, 1.165) is 27.7 Å². The van der Waals surface area contributed by atoms with Gasteiger partial charge in [-0.3, -0.25) is 0 Å². The second-order valence-corrected chi connectivity index (χ2v) is 5.10. The molecule has 0 heterocycles. The molecule has 0 radical (unpaired) electrons. The minimum atomic E-state index is -0.581. The van der Waals surface area contributed by atoms with Gasteiger partial charge in [0.1, 0.15) is 6.10 Å². The highest BCUT2D eigenvalue weighted by molar-refractivity contribution is 9.10. The lowest BCUT2D eigenvalue weighted by Gasteiger charge is -2.16. The maximum atomic E-state index is 10.4. The van der Waals surface area contributed by atoms with Crippen LogP contribution in [0, 0.1) is 0 Å². The first-order chi connectivity index (χ1) is 8.72. The van der Waals surface area contributed by atoms with E-state index in [4.69, 9.17) is 0 Å². The summed E-state index contributed by atoms with van der Waals surface area (Å²) in [6, 6.07) is 15.7. The Hall–Kier alpha value is -1.16. The van der Waals surface area contributed by atoms with Gasteiger partial charge in [0.05, 0.1) is 0 Å². The van der Waals surface area contributed by atoms with Crippen LogP contribution in [-0.2, 0) is 6.54 Å². The molecule has 0 bridgehead atoms. The Morgan fingerprint density at radius 2 is 1.78 bits per heavy atom. The molecule has 0 amide bonds. The molecule has 2 nitrogen and oxygen atoms in total. The average molecular weight is 306 g/mol. The van der Waals surface area contributed by atoms with Crippen LogP contribution in [0.3, 0.4) is 0 Å². The first-order valence-corrected chi connectivity index (χ1v) is 6.67. The van der Waals surface area contributed by atoms with Gasteiger partial charge in [-0.25, -0.2) is 0 Å². The molecule has 3 heteroatoms. The first-order valence-electron chi connectivity index (χ1n) is 5.88. The van der Waals surface area contributed by atoms with Gasteiger partial charge in [0.2, 0.25) is 0 Å². The minimum Gasteiger partial charge on any atom is -0.384 e. The van der Waals surface area contributed by atoms with Gasteiger partial charge < -0.3 is 10.4 Å². The summed E-state index contributed by atoms with van der Waals surface area (Å²) in [5.41, 5.74) is 2.98. The molecule has 0 aromatic heterocycles. The maximum absolute atomic E-state index is 10.4. The molecule has 0 aliphatic carbocycles. The molecule has 94 valence electrons.